The Morgan fingerprint density at radius 1 is 1.26 bits per heavy atom. The fraction of sp³-hybridized carbons (Fsp3) is 0.214. The fourth-order valence-electron chi connectivity index (χ4n) is 1.91. The van der Waals surface area contributed by atoms with Crippen LogP contribution >= 0.6 is 31.9 Å². The Bertz CT molecular complexity index is 575. The minimum absolute atomic E-state index is 0.131. The summed E-state index contributed by atoms with van der Waals surface area (Å²) in [5, 5.41) is 3.26. The first kappa shape index (κ1) is 14.6. The van der Waals surface area contributed by atoms with Gasteiger partial charge in [-0.2, -0.15) is 0 Å². The Labute approximate surface area is 128 Å². The smallest absolute Gasteiger partial charge is 0.124 e. The molecule has 0 aliphatic rings. The lowest BCUT2D eigenvalue weighted by Gasteiger charge is -2.17. The second-order valence-electron chi connectivity index (χ2n) is 4.22. The largest absolute Gasteiger partial charge is 0.313 e. The van der Waals surface area contributed by atoms with Crippen molar-refractivity contribution in [1.82, 2.24) is 10.3 Å². The molecule has 0 fully saturated rings. The minimum atomic E-state index is -0.235. The molecule has 1 aromatic heterocycles. The molecule has 2 rings (SSSR count). The average molecular weight is 388 g/mol. The molecule has 1 heterocycles. The van der Waals surface area contributed by atoms with Crippen LogP contribution in [0, 0.1) is 5.82 Å². The molecule has 0 spiro atoms. The van der Waals surface area contributed by atoms with Crippen molar-refractivity contribution in [2.75, 3.05) is 7.05 Å². The average Bonchev–Trinajstić information content (AvgIpc) is 2.38. The van der Waals surface area contributed by atoms with Gasteiger partial charge in [0.1, 0.15) is 5.82 Å². The summed E-state index contributed by atoms with van der Waals surface area (Å²) in [6.45, 7) is 0. The van der Waals surface area contributed by atoms with Gasteiger partial charge in [-0.15, -0.1) is 0 Å². The highest BCUT2D eigenvalue weighted by Gasteiger charge is 2.13. The van der Waals surface area contributed by atoms with Gasteiger partial charge in [0.15, 0.2) is 0 Å². The molecule has 0 saturated carbocycles. The topological polar surface area (TPSA) is 24.9 Å². The summed E-state index contributed by atoms with van der Waals surface area (Å²) in [4.78, 5) is 4.17. The zero-order valence-corrected chi connectivity index (χ0v) is 13.5. The zero-order chi connectivity index (χ0) is 13.8. The highest BCUT2D eigenvalue weighted by Crippen LogP contribution is 2.25. The summed E-state index contributed by atoms with van der Waals surface area (Å²) in [5.74, 6) is -0.235. The van der Waals surface area contributed by atoms with Crippen molar-refractivity contribution in [1.29, 1.82) is 0 Å². The normalized spacial score (nSPS) is 12.4. The molecule has 0 aliphatic heterocycles. The summed E-state index contributed by atoms with van der Waals surface area (Å²) in [7, 11) is 1.91. The molecule has 0 bridgehead atoms. The predicted molar refractivity (Wildman–Crippen MR) is 81.5 cm³/mol. The molecule has 5 heteroatoms. The van der Waals surface area contributed by atoms with Gasteiger partial charge in [0.05, 0.1) is 0 Å². The number of hydrogen-bond donors (Lipinski definition) is 1. The number of hydrogen-bond acceptors (Lipinski definition) is 2. The molecule has 1 unspecified atom stereocenters. The van der Waals surface area contributed by atoms with E-state index in [1.54, 1.807) is 12.3 Å². The molecular weight excluding hydrogens is 375 g/mol. The lowest BCUT2D eigenvalue weighted by atomic mass is 10.0. The van der Waals surface area contributed by atoms with E-state index in [4.69, 9.17) is 0 Å². The Kier molecular flexibility index (Phi) is 5.07. The van der Waals surface area contributed by atoms with E-state index in [1.807, 2.05) is 19.3 Å². The number of pyridine rings is 1. The van der Waals surface area contributed by atoms with Gasteiger partial charge in [0.2, 0.25) is 0 Å². The molecular formula is C14H13Br2FN2. The summed E-state index contributed by atoms with van der Waals surface area (Å²) in [5.41, 5.74) is 2.15. The monoisotopic (exact) mass is 386 g/mol. The second kappa shape index (κ2) is 6.59. The zero-order valence-electron chi connectivity index (χ0n) is 10.3. The first-order chi connectivity index (χ1) is 9.10. The molecule has 1 N–H and O–H groups in total. The number of rotatable bonds is 4. The van der Waals surface area contributed by atoms with E-state index in [0.29, 0.717) is 0 Å². The van der Waals surface area contributed by atoms with Crippen LogP contribution in [0.3, 0.4) is 0 Å². The highest BCUT2D eigenvalue weighted by molar-refractivity contribution is 9.10. The van der Waals surface area contributed by atoms with E-state index < -0.39 is 0 Å². The summed E-state index contributed by atoms with van der Waals surface area (Å²) in [6.07, 6.45) is 4.35. The standard InChI is InChI=1S/C14H13Br2FN2/c1-18-14(10-4-11(15)8-19-7-10)5-9-2-3-12(17)6-13(9)16/h2-4,6-8,14,18H,5H2,1H3. The van der Waals surface area contributed by atoms with Crippen molar-refractivity contribution in [3.05, 3.63) is 62.5 Å². The second-order valence-corrected chi connectivity index (χ2v) is 5.99. The molecule has 2 aromatic rings. The summed E-state index contributed by atoms with van der Waals surface area (Å²) in [6, 6.07) is 6.93. The van der Waals surface area contributed by atoms with E-state index in [2.05, 4.69) is 42.2 Å². The molecule has 0 aliphatic carbocycles. The van der Waals surface area contributed by atoms with Crippen LogP contribution in [0.5, 0.6) is 0 Å². The highest BCUT2D eigenvalue weighted by atomic mass is 79.9. The van der Waals surface area contributed by atoms with E-state index >= 15 is 0 Å². The summed E-state index contributed by atoms with van der Waals surface area (Å²) < 4.78 is 14.8. The fourth-order valence-corrected chi connectivity index (χ4v) is 2.81. The van der Waals surface area contributed by atoms with E-state index in [0.717, 1.165) is 26.5 Å². The van der Waals surface area contributed by atoms with Crippen molar-refractivity contribution >= 4 is 31.9 Å². The third kappa shape index (κ3) is 3.84. The van der Waals surface area contributed by atoms with Crippen molar-refractivity contribution in [2.45, 2.75) is 12.5 Å². The Hall–Kier alpha value is -0.780. The quantitative estimate of drug-likeness (QED) is 0.848. The molecule has 0 radical (unpaired) electrons. The SMILES string of the molecule is CNC(Cc1ccc(F)cc1Br)c1cncc(Br)c1. The molecule has 1 aromatic carbocycles. The number of nitrogens with one attached hydrogen (secondary N) is 1. The van der Waals surface area contributed by atoms with Crippen LogP contribution in [0.1, 0.15) is 17.2 Å². The van der Waals surface area contributed by atoms with E-state index in [9.17, 15) is 4.39 Å². The maximum Gasteiger partial charge on any atom is 0.124 e. The molecule has 1 atom stereocenters. The lowest BCUT2D eigenvalue weighted by Crippen LogP contribution is -2.19. The molecule has 0 amide bonds. The third-order valence-corrected chi connectivity index (χ3v) is 4.09. The van der Waals surface area contributed by atoms with Crippen LogP contribution in [-0.2, 0) is 6.42 Å². The van der Waals surface area contributed by atoms with Gasteiger partial charge in [-0.05, 0) is 58.7 Å². The van der Waals surface area contributed by atoms with Crippen LogP contribution in [-0.4, -0.2) is 12.0 Å². The number of nitrogens with zero attached hydrogens (tertiary/aromatic N) is 1. The van der Waals surface area contributed by atoms with E-state index in [1.165, 1.54) is 12.1 Å². The van der Waals surface area contributed by atoms with Crippen LogP contribution in [0.4, 0.5) is 4.39 Å². The van der Waals surface area contributed by atoms with Gasteiger partial charge in [0, 0.05) is 27.4 Å². The number of benzene rings is 1. The van der Waals surface area contributed by atoms with E-state index in [-0.39, 0.29) is 11.9 Å². The predicted octanol–water partition coefficient (Wildman–Crippen LogP) is 4.25. The van der Waals surface area contributed by atoms with Gasteiger partial charge >= 0.3 is 0 Å². The van der Waals surface area contributed by atoms with Crippen molar-refractivity contribution in [2.24, 2.45) is 0 Å². The van der Waals surface area contributed by atoms with Gasteiger partial charge in [-0.25, -0.2) is 4.39 Å². The van der Waals surface area contributed by atoms with Gasteiger partial charge in [0.25, 0.3) is 0 Å². The van der Waals surface area contributed by atoms with Crippen LogP contribution in [0.25, 0.3) is 0 Å². The first-order valence-corrected chi connectivity index (χ1v) is 7.40. The Morgan fingerprint density at radius 2 is 2.05 bits per heavy atom. The molecule has 100 valence electrons. The van der Waals surface area contributed by atoms with Crippen molar-refractivity contribution in [3.63, 3.8) is 0 Å². The van der Waals surface area contributed by atoms with Gasteiger partial charge in [-0.1, -0.05) is 22.0 Å². The van der Waals surface area contributed by atoms with Crippen LogP contribution in [0.2, 0.25) is 0 Å². The van der Waals surface area contributed by atoms with Crippen LogP contribution in [0.15, 0.2) is 45.6 Å². The van der Waals surface area contributed by atoms with Crippen LogP contribution < -0.4 is 5.32 Å². The van der Waals surface area contributed by atoms with Crippen molar-refractivity contribution < 1.29 is 4.39 Å². The Balaban J connectivity index is 2.24. The maximum atomic E-state index is 13.1. The van der Waals surface area contributed by atoms with Crippen molar-refractivity contribution in [3.8, 4) is 0 Å². The number of aromatic nitrogens is 1. The van der Waals surface area contributed by atoms with Gasteiger partial charge in [-0.3, -0.25) is 4.98 Å². The third-order valence-electron chi connectivity index (χ3n) is 2.92. The van der Waals surface area contributed by atoms with Gasteiger partial charge < -0.3 is 5.32 Å². The number of halogens is 3. The summed E-state index contributed by atoms with van der Waals surface area (Å²) >= 11 is 6.82. The molecule has 0 saturated heterocycles. The Morgan fingerprint density at radius 3 is 2.68 bits per heavy atom. The minimum Gasteiger partial charge on any atom is -0.313 e. The number of likely N-dealkylation sites (N-methyl/N-ethyl adjacent to an activating group) is 1. The first-order valence-electron chi connectivity index (χ1n) is 5.82. The molecule has 2 nitrogen and oxygen atoms in total. The maximum absolute atomic E-state index is 13.1. The lowest BCUT2D eigenvalue weighted by molar-refractivity contribution is 0.585. The molecule has 19 heavy (non-hydrogen) atoms.